The summed E-state index contributed by atoms with van der Waals surface area (Å²) in [6.07, 6.45) is 4.63. The van der Waals surface area contributed by atoms with E-state index in [-0.39, 0.29) is 5.75 Å². The van der Waals surface area contributed by atoms with E-state index in [1.54, 1.807) is 0 Å². The van der Waals surface area contributed by atoms with E-state index in [1.165, 1.54) is 5.56 Å². The maximum Gasteiger partial charge on any atom is 0.211 e. The van der Waals surface area contributed by atoms with E-state index in [0.29, 0.717) is 13.0 Å². The summed E-state index contributed by atoms with van der Waals surface area (Å²) in [5, 5.41) is 0. The average molecular weight is 331 g/mol. The van der Waals surface area contributed by atoms with Gasteiger partial charge in [-0.25, -0.2) is 13.1 Å². The summed E-state index contributed by atoms with van der Waals surface area (Å²) in [5.74, 6) is 0.154. The molecule has 0 aliphatic rings. The standard InChI is InChI=1S/C19H25NO2S/c21-23(22,17-15-19-13-6-2-7-14-19)20-16-9-3-8-12-18-10-4-1-5-11-18/h1-2,4-7,10-11,13-14,20H,3,8-9,12,15-17H2. The van der Waals surface area contributed by atoms with Gasteiger partial charge in [0.25, 0.3) is 0 Å². The molecule has 2 aromatic carbocycles. The zero-order valence-corrected chi connectivity index (χ0v) is 14.3. The highest BCUT2D eigenvalue weighted by molar-refractivity contribution is 7.89. The van der Waals surface area contributed by atoms with E-state index in [2.05, 4.69) is 29.0 Å². The maximum absolute atomic E-state index is 11.9. The zero-order valence-electron chi connectivity index (χ0n) is 13.4. The second kappa shape index (κ2) is 9.48. The lowest BCUT2D eigenvalue weighted by molar-refractivity contribution is 0.573. The van der Waals surface area contributed by atoms with E-state index < -0.39 is 10.0 Å². The van der Waals surface area contributed by atoms with E-state index in [9.17, 15) is 8.42 Å². The number of benzene rings is 2. The molecule has 0 spiro atoms. The molecular weight excluding hydrogens is 306 g/mol. The van der Waals surface area contributed by atoms with Crippen molar-refractivity contribution in [1.29, 1.82) is 0 Å². The van der Waals surface area contributed by atoms with Gasteiger partial charge >= 0.3 is 0 Å². The second-order valence-corrected chi connectivity index (χ2v) is 7.67. The van der Waals surface area contributed by atoms with Crippen molar-refractivity contribution in [1.82, 2.24) is 4.72 Å². The normalized spacial score (nSPS) is 11.5. The third-order valence-electron chi connectivity index (χ3n) is 3.81. The summed E-state index contributed by atoms with van der Waals surface area (Å²) in [5.41, 5.74) is 2.40. The molecule has 0 radical (unpaired) electrons. The molecule has 0 atom stereocenters. The minimum Gasteiger partial charge on any atom is -0.215 e. The zero-order chi connectivity index (χ0) is 16.4. The maximum atomic E-state index is 11.9. The topological polar surface area (TPSA) is 46.2 Å². The van der Waals surface area contributed by atoms with Crippen LogP contribution in [-0.4, -0.2) is 20.7 Å². The molecule has 2 aromatic rings. The molecule has 0 aromatic heterocycles. The predicted octanol–water partition coefficient (Wildman–Crippen LogP) is 3.56. The highest BCUT2D eigenvalue weighted by Gasteiger charge is 2.09. The molecule has 0 bridgehead atoms. The van der Waals surface area contributed by atoms with Crippen molar-refractivity contribution in [2.45, 2.75) is 32.1 Å². The Balaban J connectivity index is 1.57. The van der Waals surface area contributed by atoms with Crippen LogP contribution in [0, 0.1) is 0 Å². The third kappa shape index (κ3) is 7.44. The largest absolute Gasteiger partial charge is 0.215 e. The summed E-state index contributed by atoms with van der Waals surface area (Å²) >= 11 is 0. The Hall–Kier alpha value is -1.65. The van der Waals surface area contributed by atoms with Gasteiger partial charge in [0.05, 0.1) is 5.75 Å². The summed E-state index contributed by atoms with van der Waals surface area (Å²) in [6.45, 7) is 0.534. The van der Waals surface area contributed by atoms with Crippen molar-refractivity contribution < 1.29 is 8.42 Å². The number of sulfonamides is 1. The van der Waals surface area contributed by atoms with Crippen molar-refractivity contribution in [2.24, 2.45) is 0 Å². The van der Waals surface area contributed by atoms with Crippen LogP contribution in [0.5, 0.6) is 0 Å². The quantitative estimate of drug-likeness (QED) is 0.677. The van der Waals surface area contributed by atoms with Crippen LogP contribution in [0.15, 0.2) is 60.7 Å². The molecule has 0 aliphatic carbocycles. The van der Waals surface area contributed by atoms with Crippen molar-refractivity contribution in [3.8, 4) is 0 Å². The molecule has 0 amide bonds. The number of aryl methyl sites for hydroxylation is 2. The Kier molecular flexibility index (Phi) is 7.30. The first kappa shape index (κ1) is 17.7. The molecule has 3 nitrogen and oxygen atoms in total. The van der Waals surface area contributed by atoms with Gasteiger partial charge < -0.3 is 0 Å². The van der Waals surface area contributed by atoms with Crippen LogP contribution in [-0.2, 0) is 22.9 Å². The smallest absolute Gasteiger partial charge is 0.211 e. The van der Waals surface area contributed by atoms with Gasteiger partial charge in [-0.1, -0.05) is 67.1 Å². The molecule has 0 fully saturated rings. The Morgan fingerprint density at radius 2 is 1.26 bits per heavy atom. The summed E-state index contributed by atoms with van der Waals surface area (Å²) in [4.78, 5) is 0. The Labute approximate surface area is 139 Å². The van der Waals surface area contributed by atoms with E-state index in [4.69, 9.17) is 0 Å². The molecule has 0 saturated carbocycles. The van der Waals surface area contributed by atoms with Crippen molar-refractivity contribution in [3.05, 3.63) is 71.8 Å². The van der Waals surface area contributed by atoms with Crippen molar-refractivity contribution in [2.75, 3.05) is 12.3 Å². The van der Waals surface area contributed by atoms with Crippen LogP contribution in [0.3, 0.4) is 0 Å². The number of hydrogen-bond acceptors (Lipinski definition) is 2. The van der Waals surface area contributed by atoms with Gasteiger partial charge in [-0.05, 0) is 36.8 Å². The van der Waals surface area contributed by atoms with E-state index >= 15 is 0 Å². The molecule has 0 saturated heterocycles. The average Bonchev–Trinajstić information content (AvgIpc) is 2.58. The number of nitrogens with one attached hydrogen (secondary N) is 1. The molecule has 1 N–H and O–H groups in total. The van der Waals surface area contributed by atoms with Gasteiger partial charge in [0.2, 0.25) is 10.0 Å². The fourth-order valence-electron chi connectivity index (χ4n) is 2.47. The Morgan fingerprint density at radius 1 is 0.696 bits per heavy atom. The first-order valence-electron chi connectivity index (χ1n) is 8.21. The van der Waals surface area contributed by atoms with E-state index in [0.717, 1.165) is 31.2 Å². The van der Waals surface area contributed by atoms with Gasteiger partial charge in [0.1, 0.15) is 0 Å². The molecule has 4 heteroatoms. The summed E-state index contributed by atoms with van der Waals surface area (Å²) < 4.78 is 26.6. The molecule has 23 heavy (non-hydrogen) atoms. The molecule has 124 valence electrons. The van der Waals surface area contributed by atoms with Crippen LogP contribution in [0.4, 0.5) is 0 Å². The molecule has 0 unspecified atom stereocenters. The first-order valence-corrected chi connectivity index (χ1v) is 9.86. The molecule has 2 rings (SSSR count). The van der Waals surface area contributed by atoms with Gasteiger partial charge in [-0.3, -0.25) is 0 Å². The second-order valence-electron chi connectivity index (χ2n) is 5.75. The summed E-state index contributed by atoms with van der Waals surface area (Å²) in [7, 11) is -3.17. The lowest BCUT2D eigenvalue weighted by atomic mass is 10.1. The minimum absolute atomic E-state index is 0.154. The fourth-order valence-corrected chi connectivity index (χ4v) is 3.58. The monoisotopic (exact) mass is 331 g/mol. The molecule has 0 aliphatic heterocycles. The predicted molar refractivity (Wildman–Crippen MR) is 95.9 cm³/mol. The number of hydrogen-bond donors (Lipinski definition) is 1. The highest BCUT2D eigenvalue weighted by Crippen LogP contribution is 2.06. The number of unbranched alkanes of at least 4 members (excludes halogenated alkanes) is 2. The van der Waals surface area contributed by atoms with Gasteiger partial charge in [0.15, 0.2) is 0 Å². The summed E-state index contributed by atoms with van der Waals surface area (Å²) in [6, 6.07) is 20.1. The van der Waals surface area contributed by atoms with Gasteiger partial charge in [-0.15, -0.1) is 0 Å². The molecular formula is C19H25NO2S. The van der Waals surface area contributed by atoms with Crippen LogP contribution in [0.25, 0.3) is 0 Å². The lowest BCUT2D eigenvalue weighted by Crippen LogP contribution is -2.28. The van der Waals surface area contributed by atoms with Crippen LogP contribution >= 0.6 is 0 Å². The Bertz CT molecular complexity index is 654. The minimum atomic E-state index is -3.17. The molecule has 0 heterocycles. The van der Waals surface area contributed by atoms with Crippen LogP contribution in [0.1, 0.15) is 30.4 Å². The van der Waals surface area contributed by atoms with Crippen molar-refractivity contribution >= 4 is 10.0 Å². The Morgan fingerprint density at radius 3 is 1.87 bits per heavy atom. The van der Waals surface area contributed by atoms with E-state index in [1.807, 2.05) is 36.4 Å². The third-order valence-corrected chi connectivity index (χ3v) is 5.19. The van der Waals surface area contributed by atoms with Crippen molar-refractivity contribution in [3.63, 3.8) is 0 Å². The lowest BCUT2D eigenvalue weighted by Gasteiger charge is -2.07. The van der Waals surface area contributed by atoms with Crippen LogP contribution < -0.4 is 4.72 Å². The van der Waals surface area contributed by atoms with Crippen LogP contribution in [0.2, 0.25) is 0 Å². The van der Waals surface area contributed by atoms with Gasteiger partial charge in [-0.2, -0.15) is 0 Å². The SMILES string of the molecule is O=S(=O)(CCc1ccccc1)NCCCCCc1ccccc1. The first-order chi connectivity index (χ1) is 11.2. The fraction of sp³-hybridized carbons (Fsp3) is 0.368. The highest BCUT2D eigenvalue weighted by atomic mass is 32.2. The number of rotatable bonds is 10. The van der Waals surface area contributed by atoms with Gasteiger partial charge in [0, 0.05) is 6.54 Å².